The number of piperazine rings is 1. The molecule has 1 amide bonds. The average Bonchev–Trinajstić information content (AvgIpc) is 3.28. The van der Waals surface area contributed by atoms with Crippen molar-refractivity contribution in [2.45, 2.75) is 6.54 Å². The molecule has 0 bridgehead atoms. The summed E-state index contributed by atoms with van der Waals surface area (Å²) in [5.41, 5.74) is 8.91. The van der Waals surface area contributed by atoms with Crippen LogP contribution in [0.5, 0.6) is 0 Å². The average molecular weight is 478 g/mol. The smallest absolute Gasteiger partial charge is 0.270 e. The summed E-state index contributed by atoms with van der Waals surface area (Å²) in [5, 5.41) is 8.19. The first-order chi connectivity index (χ1) is 16.5. The van der Waals surface area contributed by atoms with Gasteiger partial charge in [0.2, 0.25) is 5.95 Å². The molecule has 4 aromatic rings. The highest BCUT2D eigenvalue weighted by Gasteiger charge is 2.22. The van der Waals surface area contributed by atoms with Crippen LogP contribution in [0.25, 0.3) is 16.8 Å². The number of halogens is 1. The number of hydrogen-bond acceptors (Lipinski definition) is 8. The summed E-state index contributed by atoms with van der Waals surface area (Å²) in [6.45, 7) is 3.84. The summed E-state index contributed by atoms with van der Waals surface area (Å²) in [6, 6.07) is 9.15. The number of aromatic nitrogens is 5. The van der Waals surface area contributed by atoms with E-state index in [1.807, 2.05) is 12.1 Å². The number of anilines is 2. The summed E-state index contributed by atoms with van der Waals surface area (Å²) in [7, 11) is 2.10. The van der Waals surface area contributed by atoms with E-state index in [1.54, 1.807) is 41.3 Å². The number of benzene rings is 1. The maximum atomic E-state index is 13.1. The number of hydrogen-bond donors (Lipinski definition) is 2. The topological polar surface area (TPSA) is 118 Å². The van der Waals surface area contributed by atoms with Gasteiger partial charge >= 0.3 is 0 Å². The molecule has 10 nitrogen and oxygen atoms in total. The second-order valence-corrected chi connectivity index (χ2v) is 8.66. The van der Waals surface area contributed by atoms with E-state index in [-0.39, 0.29) is 11.9 Å². The van der Waals surface area contributed by atoms with Crippen LogP contribution in [0.2, 0.25) is 5.02 Å². The Kier molecular flexibility index (Phi) is 5.99. The van der Waals surface area contributed by atoms with Crippen molar-refractivity contribution in [2.75, 3.05) is 43.9 Å². The third-order valence-electron chi connectivity index (χ3n) is 5.86. The van der Waals surface area contributed by atoms with E-state index in [2.05, 4.69) is 42.2 Å². The van der Waals surface area contributed by atoms with Gasteiger partial charge in [0.15, 0.2) is 5.65 Å². The zero-order valence-corrected chi connectivity index (χ0v) is 19.4. The van der Waals surface area contributed by atoms with E-state index in [9.17, 15) is 4.79 Å². The number of amides is 1. The van der Waals surface area contributed by atoms with Crippen molar-refractivity contribution < 1.29 is 4.79 Å². The van der Waals surface area contributed by atoms with Gasteiger partial charge in [0.05, 0.1) is 6.20 Å². The third-order valence-corrected chi connectivity index (χ3v) is 6.11. The summed E-state index contributed by atoms with van der Waals surface area (Å²) < 4.78 is 1.77. The van der Waals surface area contributed by atoms with Crippen molar-refractivity contribution in [2.24, 2.45) is 0 Å². The summed E-state index contributed by atoms with van der Waals surface area (Å²) in [4.78, 5) is 30.5. The van der Waals surface area contributed by atoms with Crippen molar-refractivity contribution in [3.63, 3.8) is 0 Å². The number of nitrogens with one attached hydrogen (secondary N) is 1. The Balaban J connectivity index is 1.52. The lowest BCUT2D eigenvalue weighted by Crippen LogP contribution is -2.45. The fourth-order valence-electron chi connectivity index (χ4n) is 3.88. The van der Waals surface area contributed by atoms with Crippen molar-refractivity contribution in [3.05, 3.63) is 65.2 Å². The number of carbonyl (C=O) groups is 1. The fraction of sp³-hybridized carbons (Fsp3) is 0.261. The highest BCUT2D eigenvalue weighted by molar-refractivity contribution is 6.30. The van der Waals surface area contributed by atoms with Gasteiger partial charge in [-0.1, -0.05) is 23.7 Å². The number of rotatable bonds is 5. The molecule has 1 saturated heterocycles. The van der Waals surface area contributed by atoms with Crippen LogP contribution < -0.4 is 16.0 Å². The number of likely N-dealkylation sites (N-methyl/N-ethyl adjacent to an activating group) is 1. The maximum Gasteiger partial charge on any atom is 0.270 e. The van der Waals surface area contributed by atoms with Crippen LogP contribution in [0, 0.1) is 0 Å². The monoisotopic (exact) mass is 477 g/mol. The van der Waals surface area contributed by atoms with Crippen molar-refractivity contribution in [1.82, 2.24) is 34.8 Å². The minimum Gasteiger partial charge on any atom is -0.368 e. The molecule has 1 aliphatic heterocycles. The fourth-order valence-corrected chi connectivity index (χ4v) is 4.01. The van der Waals surface area contributed by atoms with Gasteiger partial charge in [0.1, 0.15) is 11.5 Å². The summed E-state index contributed by atoms with van der Waals surface area (Å²) in [5.74, 6) is 0.736. The number of fused-ring (bicyclic) bond motifs is 1. The second-order valence-electron chi connectivity index (χ2n) is 8.22. The van der Waals surface area contributed by atoms with Crippen LogP contribution in [-0.2, 0) is 6.54 Å². The van der Waals surface area contributed by atoms with Gasteiger partial charge in [-0.15, -0.1) is 0 Å². The van der Waals surface area contributed by atoms with Crippen LogP contribution in [0.15, 0.2) is 48.9 Å². The van der Waals surface area contributed by atoms with Gasteiger partial charge in [0.25, 0.3) is 5.91 Å². The van der Waals surface area contributed by atoms with Crippen LogP contribution >= 0.6 is 11.6 Å². The molecule has 174 valence electrons. The molecule has 11 heteroatoms. The quantitative estimate of drug-likeness (QED) is 0.448. The van der Waals surface area contributed by atoms with E-state index in [0.29, 0.717) is 22.9 Å². The van der Waals surface area contributed by atoms with Gasteiger partial charge in [-0.25, -0.2) is 15.0 Å². The lowest BCUT2D eigenvalue weighted by atomic mass is 10.2. The molecular weight excluding hydrogens is 454 g/mol. The predicted octanol–water partition coefficient (Wildman–Crippen LogP) is 2.10. The summed E-state index contributed by atoms with van der Waals surface area (Å²) in [6.07, 6.45) is 4.97. The van der Waals surface area contributed by atoms with Gasteiger partial charge < -0.3 is 20.9 Å². The Hall–Kier alpha value is -3.76. The molecule has 0 aliphatic carbocycles. The number of nitrogens with two attached hydrogens (primary N) is 1. The van der Waals surface area contributed by atoms with Gasteiger partial charge in [-0.2, -0.15) is 9.61 Å². The summed E-state index contributed by atoms with van der Waals surface area (Å²) >= 11 is 5.96. The molecule has 0 spiro atoms. The Morgan fingerprint density at radius 3 is 2.50 bits per heavy atom. The second kappa shape index (κ2) is 9.24. The predicted molar refractivity (Wildman–Crippen MR) is 131 cm³/mol. The largest absolute Gasteiger partial charge is 0.368 e. The normalized spacial score (nSPS) is 14.5. The van der Waals surface area contributed by atoms with E-state index in [0.717, 1.165) is 48.7 Å². The molecule has 0 unspecified atom stereocenters. The standard InChI is InChI=1S/C23H24ClN9O/c1-31-6-8-32(9-7-31)20-10-19(22(34)26-11-15-2-4-17(24)5-3-15)30-21-18(14-29-33(20)21)16-12-27-23(25)28-13-16/h2-5,10,12-14H,6-9,11H2,1H3,(H,26,34)(H2,25,27,28). The molecule has 1 aliphatic rings. The van der Waals surface area contributed by atoms with Crippen molar-refractivity contribution in [3.8, 4) is 11.1 Å². The first kappa shape index (κ1) is 22.1. The minimum absolute atomic E-state index is 0.188. The molecular formula is C23H24ClN9O. The van der Waals surface area contributed by atoms with Crippen LogP contribution in [0.4, 0.5) is 11.8 Å². The molecule has 3 N–H and O–H groups in total. The molecule has 5 rings (SSSR count). The molecule has 3 aromatic heterocycles. The lowest BCUT2D eigenvalue weighted by molar-refractivity contribution is 0.0946. The van der Waals surface area contributed by atoms with Crippen LogP contribution in [0.1, 0.15) is 16.1 Å². The van der Waals surface area contributed by atoms with Gasteiger partial charge in [-0.3, -0.25) is 4.79 Å². The number of carbonyl (C=O) groups excluding carboxylic acids is 1. The molecule has 4 heterocycles. The molecule has 0 saturated carbocycles. The molecule has 34 heavy (non-hydrogen) atoms. The highest BCUT2D eigenvalue weighted by Crippen LogP contribution is 2.27. The van der Waals surface area contributed by atoms with Crippen LogP contribution in [-0.4, -0.2) is 68.6 Å². The Morgan fingerprint density at radius 1 is 1.09 bits per heavy atom. The Morgan fingerprint density at radius 2 is 1.79 bits per heavy atom. The van der Waals surface area contributed by atoms with Gasteiger partial charge in [0, 0.05) is 67.3 Å². The first-order valence-corrected chi connectivity index (χ1v) is 11.3. The molecule has 1 fully saturated rings. The maximum absolute atomic E-state index is 13.1. The molecule has 0 radical (unpaired) electrons. The number of nitrogens with zero attached hydrogens (tertiary/aromatic N) is 7. The lowest BCUT2D eigenvalue weighted by Gasteiger charge is -2.34. The van der Waals surface area contributed by atoms with Crippen molar-refractivity contribution >= 4 is 34.9 Å². The van der Waals surface area contributed by atoms with Crippen molar-refractivity contribution in [1.29, 1.82) is 0 Å². The van der Waals surface area contributed by atoms with Crippen LogP contribution in [0.3, 0.4) is 0 Å². The first-order valence-electron chi connectivity index (χ1n) is 10.9. The Labute approximate surface area is 201 Å². The molecule has 0 atom stereocenters. The minimum atomic E-state index is -0.270. The zero-order valence-electron chi connectivity index (χ0n) is 18.6. The third kappa shape index (κ3) is 4.50. The molecule has 1 aromatic carbocycles. The van der Waals surface area contributed by atoms with E-state index in [1.165, 1.54) is 0 Å². The Bertz CT molecular complexity index is 1310. The van der Waals surface area contributed by atoms with E-state index < -0.39 is 0 Å². The number of nitrogen functional groups attached to an aromatic ring is 1. The highest BCUT2D eigenvalue weighted by atomic mass is 35.5. The van der Waals surface area contributed by atoms with E-state index in [4.69, 9.17) is 17.3 Å². The van der Waals surface area contributed by atoms with E-state index >= 15 is 0 Å². The SMILES string of the molecule is CN1CCN(c2cc(C(=O)NCc3ccc(Cl)cc3)nc3c(-c4cnc(N)nc4)cnn23)CC1. The zero-order chi connectivity index (χ0) is 23.7. The van der Waals surface area contributed by atoms with Gasteiger partial charge in [-0.05, 0) is 24.7 Å².